The van der Waals surface area contributed by atoms with Crippen molar-refractivity contribution in [2.45, 2.75) is 25.9 Å². The van der Waals surface area contributed by atoms with E-state index in [-0.39, 0.29) is 18.2 Å². The number of ether oxygens (including phenoxy) is 1. The van der Waals surface area contributed by atoms with Gasteiger partial charge in [-0.3, -0.25) is 14.5 Å². The van der Waals surface area contributed by atoms with Crippen molar-refractivity contribution in [1.29, 1.82) is 0 Å². The zero-order chi connectivity index (χ0) is 19.9. The first-order chi connectivity index (χ1) is 13.6. The molecule has 0 bridgehead atoms. The highest BCUT2D eigenvalue weighted by molar-refractivity contribution is 5.88. The summed E-state index contributed by atoms with van der Waals surface area (Å²) in [6.45, 7) is 4.45. The zero-order valence-corrected chi connectivity index (χ0v) is 16.4. The van der Waals surface area contributed by atoms with Crippen molar-refractivity contribution in [2.75, 3.05) is 26.7 Å². The Morgan fingerprint density at radius 1 is 1.18 bits per heavy atom. The van der Waals surface area contributed by atoms with Crippen LogP contribution in [0.3, 0.4) is 0 Å². The number of hydrogen-bond acceptors (Lipinski definition) is 4. The topological polar surface area (TPSA) is 61.9 Å². The van der Waals surface area contributed by atoms with Crippen molar-refractivity contribution >= 4 is 11.8 Å². The number of benzene rings is 2. The van der Waals surface area contributed by atoms with Gasteiger partial charge in [-0.15, -0.1) is 0 Å². The molecule has 28 heavy (non-hydrogen) atoms. The fraction of sp³-hybridized carbons (Fsp3) is 0.364. The number of carbonyl (C=O) groups excluding carboxylic acids is 2. The minimum Gasteiger partial charge on any atom is -0.457 e. The first-order valence-electron chi connectivity index (χ1n) is 9.64. The Labute approximate surface area is 166 Å². The van der Waals surface area contributed by atoms with Gasteiger partial charge in [0.05, 0.1) is 12.5 Å². The summed E-state index contributed by atoms with van der Waals surface area (Å²) in [6.07, 6.45) is 0.191. The first kappa shape index (κ1) is 19.9. The van der Waals surface area contributed by atoms with Gasteiger partial charge in [0.25, 0.3) is 0 Å². The Morgan fingerprint density at radius 3 is 2.68 bits per heavy atom. The van der Waals surface area contributed by atoms with Gasteiger partial charge >= 0.3 is 0 Å². The number of hydrogen-bond donors (Lipinski definition) is 1. The third-order valence-corrected chi connectivity index (χ3v) is 4.97. The molecule has 6 nitrogen and oxygen atoms in total. The van der Waals surface area contributed by atoms with Gasteiger partial charge < -0.3 is 15.0 Å². The van der Waals surface area contributed by atoms with Gasteiger partial charge in [0, 0.05) is 33.2 Å². The number of rotatable bonds is 7. The van der Waals surface area contributed by atoms with E-state index in [1.54, 1.807) is 11.9 Å². The van der Waals surface area contributed by atoms with Crippen molar-refractivity contribution in [3.8, 4) is 11.5 Å². The third kappa shape index (κ3) is 5.10. The standard InChI is InChI=1S/C22H27N3O3/c1-3-24(2)21(26)15-20-22(27)23-12-13-25(20)16-17-8-7-11-19(14-17)28-18-9-5-4-6-10-18/h4-11,14,20H,3,12-13,15-16H2,1-2H3,(H,23,27)/t20-/m1/s1. The van der Waals surface area contributed by atoms with Gasteiger partial charge in [-0.05, 0) is 36.8 Å². The molecule has 3 rings (SSSR count). The monoisotopic (exact) mass is 381 g/mol. The molecule has 1 aliphatic heterocycles. The molecule has 0 radical (unpaired) electrons. The number of piperazine rings is 1. The van der Waals surface area contributed by atoms with E-state index in [2.05, 4.69) is 10.2 Å². The smallest absolute Gasteiger partial charge is 0.237 e. The lowest BCUT2D eigenvalue weighted by molar-refractivity contribution is -0.138. The molecule has 1 saturated heterocycles. The van der Waals surface area contributed by atoms with E-state index in [4.69, 9.17) is 4.74 Å². The lowest BCUT2D eigenvalue weighted by atomic mass is 10.1. The highest BCUT2D eigenvalue weighted by atomic mass is 16.5. The molecule has 1 aliphatic rings. The molecule has 1 fully saturated rings. The summed E-state index contributed by atoms with van der Waals surface area (Å²) >= 11 is 0. The number of nitrogens with one attached hydrogen (secondary N) is 1. The van der Waals surface area contributed by atoms with Crippen molar-refractivity contribution in [1.82, 2.24) is 15.1 Å². The van der Waals surface area contributed by atoms with Gasteiger partial charge in [0.1, 0.15) is 11.5 Å². The average molecular weight is 381 g/mol. The average Bonchev–Trinajstić information content (AvgIpc) is 2.71. The van der Waals surface area contributed by atoms with E-state index in [1.807, 2.05) is 61.5 Å². The van der Waals surface area contributed by atoms with E-state index < -0.39 is 6.04 Å². The normalized spacial score (nSPS) is 17.1. The van der Waals surface area contributed by atoms with Crippen LogP contribution in [-0.2, 0) is 16.1 Å². The van der Waals surface area contributed by atoms with Gasteiger partial charge in [-0.25, -0.2) is 0 Å². The Hall–Kier alpha value is -2.86. The second-order valence-electron chi connectivity index (χ2n) is 6.95. The molecule has 0 aliphatic carbocycles. The Morgan fingerprint density at radius 2 is 1.93 bits per heavy atom. The largest absolute Gasteiger partial charge is 0.457 e. The van der Waals surface area contributed by atoms with Gasteiger partial charge in [-0.1, -0.05) is 30.3 Å². The minimum atomic E-state index is -0.450. The SMILES string of the molecule is CCN(C)C(=O)C[C@@H]1C(=O)NCCN1Cc1cccc(Oc2ccccc2)c1. The van der Waals surface area contributed by atoms with E-state index >= 15 is 0 Å². The van der Waals surface area contributed by atoms with Crippen molar-refractivity contribution in [3.05, 3.63) is 60.2 Å². The van der Waals surface area contributed by atoms with Crippen molar-refractivity contribution in [2.24, 2.45) is 0 Å². The second-order valence-corrected chi connectivity index (χ2v) is 6.95. The van der Waals surface area contributed by atoms with Gasteiger partial charge in [-0.2, -0.15) is 0 Å². The van der Waals surface area contributed by atoms with Crippen LogP contribution in [0.1, 0.15) is 18.9 Å². The van der Waals surface area contributed by atoms with Crippen LogP contribution in [0.15, 0.2) is 54.6 Å². The van der Waals surface area contributed by atoms with E-state index in [0.29, 0.717) is 26.2 Å². The number of nitrogens with zero attached hydrogens (tertiary/aromatic N) is 2. The maximum absolute atomic E-state index is 12.4. The summed E-state index contributed by atoms with van der Waals surface area (Å²) in [5.41, 5.74) is 1.05. The fourth-order valence-electron chi connectivity index (χ4n) is 3.24. The van der Waals surface area contributed by atoms with Crippen LogP contribution < -0.4 is 10.1 Å². The Bertz CT molecular complexity index is 810. The zero-order valence-electron chi connectivity index (χ0n) is 16.4. The highest BCUT2D eigenvalue weighted by Gasteiger charge is 2.32. The molecule has 0 unspecified atom stereocenters. The number of amides is 2. The molecule has 1 N–H and O–H groups in total. The van der Waals surface area contributed by atoms with Crippen LogP contribution in [0.4, 0.5) is 0 Å². The molecule has 1 heterocycles. The number of carbonyl (C=O) groups is 2. The molecule has 148 valence electrons. The first-order valence-corrected chi connectivity index (χ1v) is 9.64. The Balaban J connectivity index is 1.70. The lowest BCUT2D eigenvalue weighted by Gasteiger charge is -2.35. The fourth-order valence-corrected chi connectivity index (χ4v) is 3.24. The molecule has 0 aromatic heterocycles. The molecule has 0 spiro atoms. The summed E-state index contributed by atoms with van der Waals surface area (Å²) < 4.78 is 5.91. The minimum absolute atomic E-state index is 0.0179. The molecule has 0 saturated carbocycles. The predicted molar refractivity (Wildman–Crippen MR) is 108 cm³/mol. The van der Waals surface area contributed by atoms with Crippen LogP contribution in [0.2, 0.25) is 0 Å². The Kier molecular flexibility index (Phi) is 6.66. The summed E-state index contributed by atoms with van der Waals surface area (Å²) in [6, 6.07) is 17.0. The molecule has 2 amide bonds. The number of para-hydroxylation sites is 1. The maximum atomic E-state index is 12.4. The predicted octanol–water partition coefficient (Wildman–Crippen LogP) is 2.65. The highest BCUT2D eigenvalue weighted by Crippen LogP contribution is 2.23. The van der Waals surface area contributed by atoms with Crippen molar-refractivity contribution in [3.63, 3.8) is 0 Å². The lowest BCUT2D eigenvalue weighted by Crippen LogP contribution is -2.56. The third-order valence-electron chi connectivity index (χ3n) is 4.97. The van der Waals surface area contributed by atoms with E-state index in [0.717, 1.165) is 17.1 Å². The molecule has 6 heteroatoms. The molecule has 2 aromatic rings. The summed E-state index contributed by atoms with van der Waals surface area (Å²) in [5.74, 6) is 1.43. The van der Waals surface area contributed by atoms with Crippen LogP contribution in [0.25, 0.3) is 0 Å². The van der Waals surface area contributed by atoms with Gasteiger partial charge in [0.2, 0.25) is 11.8 Å². The van der Waals surface area contributed by atoms with E-state index in [9.17, 15) is 9.59 Å². The van der Waals surface area contributed by atoms with E-state index in [1.165, 1.54) is 0 Å². The van der Waals surface area contributed by atoms with Gasteiger partial charge in [0.15, 0.2) is 0 Å². The second kappa shape index (κ2) is 9.37. The maximum Gasteiger partial charge on any atom is 0.237 e. The van der Waals surface area contributed by atoms with Crippen LogP contribution in [-0.4, -0.2) is 54.3 Å². The van der Waals surface area contributed by atoms with Crippen LogP contribution in [0, 0.1) is 0 Å². The molecular formula is C22H27N3O3. The van der Waals surface area contributed by atoms with Crippen molar-refractivity contribution < 1.29 is 14.3 Å². The molecule has 1 atom stereocenters. The summed E-state index contributed by atoms with van der Waals surface area (Å²) in [5, 5.41) is 2.88. The summed E-state index contributed by atoms with van der Waals surface area (Å²) in [4.78, 5) is 28.5. The molecular weight excluding hydrogens is 354 g/mol. The van der Waals surface area contributed by atoms with Crippen LogP contribution >= 0.6 is 0 Å². The molecule has 2 aromatic carbocycles. The van der Waals surface area contributed by atoms with Crippen LogP contribution in [0.5, 0.6) is 11.5 Å². The summed E-state index contributed by atoms with van der Waals surface area (Å²) in [7, 11) is 1.76. The quantitative estimate of drug-likeness (QED) is 0.801.